The summed E-state index contributed by atoms with van der Waals surface area (Å²) in [6, 6.07) is 5.29. The minimum atomic E-state index is -4.35. The molecule has 4 rings (SSSR count). The van der Waals surface area contributed by atoms with Crippen molar-refractivity contribution in [1.29, 1.82) is 0 Å². The van der Waals surface area contributed by atoms with E-state index in [4.69, 9.17) is 0 Å². The van der Waals surface area contributed by atoms with Gasteiger partial charge in [0, 0.05) is 23.4 Å². The molecule has 1 saturated carbocycles. The van der Waals surface area contributed by atoms with Gasteiger partial charge in [-0.2, -0.15) is 13.2 Å². The molecule has 1 aromatic heterocycles. The van der Waals surface area contributed by atoms with Gasteiger partial charge in [-0.25, -0.2) is 4.98 Å². The fourth-order valence-corrected chi connectivity index (χ4v) is 4.74. The van der Waals surface area contributed by atoms with Crippen molar-refractivity contribution in [3.8, 4) is 0 Å². The number of hydrogen-bond donors (Lipinski definition) is 2. The fourth-order valence-electron chi connectivity index (χ4n) is 3.89. The van der Waals surface area contributed by atoms with Crippen LogP contribution in [0.5, 0.6) is 0 Å². The first-order valence-corrected chi connectivity index (χ1v) is 9.80. The SMILES string of the molecule is Cl.O=C(Nc1ncc(Cc2cccc(C(F)(F)F)c2)s1)C1CC12CCNCC2. The number of anilines is 1. The first-order chi connectivity index (χ1) is 12.9. The van der Waals surface area contributed by atoms with Crippen LogP contribution in [0, 0.1) is 11.3 Å². The van der Waals surface area contributed by atoms with E-state index >= 15 is 0 Å². The number of nitrogens with one attached hydrogen (secondary N) is 2. The van der Waals surface area contributed by atoms with Gasteiger partial charge in [0.05, 0.1) is 5.56 Å². The van der Waals surface area contributed by atoms with Crippen LogP contribution in [0.2, 0.25) is 0 Å². The van der Waals surface area contributed by atoms with Crippen molar-refractivity contribution >= 4 is 34.8 Å². The smallest absolute Gasteiger partial charge is 0.317 e. The molecule has 2 heterocycles. The Labute approximate surface area is 171 Å². The predicted molar refractivity (Wildman–Crippen MR) is 105 cm³/mol. The molecule has 0 radical (unpaired) electrons. The van der Waals surface area contributed by atoms with Crippen molar-refractivity contribution in [2.24, 2.45) is 11.3 Å². The number of amides is 1. The number of carbonyl (C=O) groups excluding carboxylic acids is 1. The van der Waals surface area contributed by atoms with Crippen molar-refractivity contribution in [1.82, 2.24) is 10.3 Å². The van der Waals surface area contributed by atoms with Gasteiger partial charge >= 0.3 is 6.18 Å². The zero-order valence-corrected chi connectivity index (χ0v) is 16.6. The molecular formula is C19H21ClF3N3OS. The van der Waals surface area contributed by atoms with Gasteiger partial charge in [0.25, 0.3) is 0 Å². The number of aromatic nitrogens is 1. The van der Waals surface area contributed by atoms with Crippen LogP contribution >= 0.6 is 23.7 Å². The highest BCUT2D eigenvalue weighted by Gasteiger charge is 2.57. The third-order valence-electron chi connectivity index (χ3n) is 5.52. The second-order valence-electron chi connectivity index (χ2n) is 7.36. The molecule has 2 N–H and O–H groups in total. The number of nitrogens with zero attached hydrogens (tertiary/aromatic N) is 1. The maximum Gasteiger partial charge on any atom is 0.416 e. The third-order valence-corrected chi connectivity index (χ3v) is 6.43. The highest BCUT2D eigenvalue weighted by atomic mass is 35.5. The lowest BCUT2D eigenvalue weighted by atomic mass is 9.92. The Morgan fingerprint density at radius 3 is 2.79 bits per heavy atom. The van der Waals surface area contributed by atoms with Crippen molar-refractivity contribution in [2.45, 2.75) is 31.9 Å². The minimum absolute atomic E-state index is 0. The number of rotatable bonds is 4. The van der Waals surface area contributed by atoms with Gasteiger partial charge in [-0.05, 0) is 49.4 Å². The van der Waals surface area contributed by atoms with Gasteiger partial charge in [-0.1, -0.05) is 18.2 Å². The topological polar surface area (TPSA) is 54.0 Å². The van der Waals surface area contributed by atoms with Gasteiger partial charge < -0.3 is 10.6 Å². The van der Waals surface area contributed by atoms with Crippen LogP contribution in [0.1, 0.15) is 35.3 Å². The molecule has 2 fully saturated rings. The van der Waals surface area contributed by atoms with Crippen LogP contribution in [-0.2, 0) is 17.4 Å². The number of alkyl halides is 3. The third kappa shape index (κ3) is 4.50. The standard InChI is InChI=1S/C19H20F3N3OS.ClH/c20-19(21,22)13-3-1-2-12(8-13)9-14-11-24-17(27-14)25-16(26)15-10-18(15)4-6-23-7-5-18;/h1-3,8,11,15,23H,4-7,9-10H2,(H,24,25,26);1H. The van der Waals surface area contributed by atoms with Crippen LogP contribution in [-0.4, -0.2) is 24.0 Å². The Bertz CT molecular complexity index is 849. The van der Waals surface area contributed by atoms with E-state index in [9.17, 15) is 18.0 Å². The van der Waals surface area contributed by atoms with Crippen molar-refractivity contribution in [2.75, 3.05) is 18.4 Å². The zero-order chi connectivity index (χ0) is 19.1. The lowest BCUT2D eigenvalue weighted by Crippen LogP contribution is -2.31. The van der Waals surface area contributed by atoms with E-state index in [-0.39, 0.29) is 29.6 Å². The van der Waals surface area contributed by atoms with Gasteiger partial charge in [0.2, 0.25) is 5.91 Å². The molecule has 1 atom stereocenters. The van der Waals surface area contributed by atoms with E-state index in [1.165, 1.54) is 17.4 Å². The van der Waals surface area contributed by atoms with E-state index in [1.54, 1.807) is 12.3 Å². The molecule has 1 spiro atoms. The van der Waals surface area contributed by atoms with E-state index < -0.39 is 11.7 Å². The maximum absolute atomic E-state index is 12.8. The van der Waals surface area contributed by atoms with Gasteiger partial charge in [-0.3, -0.25) is 4.79 Å². The molecular weight excluding hydrogens is 411 g/mol. The highest BCUT2D eigenvalue weighted by molar-refractivity contribution is 7.15. The summed E-state index contributed by atoms with van der Waals surface area (Å²) in [5.41, 5.74) is 0.0780. The minimum Gasteiger partial charge on any atom is -0.317 e. The van der Waals surface area contributed by atoms with E-state index in [0.29, 0.717) is 17.1 Å². The summed E-state index contributed by atoms with van der Waals surface area (Å²) < 4.78 is 38.5. The Morgan fingerprint density at radius 2 is 2.07 bits per heavy atom. The van der Waals surface area contributed by atoms with Crippen molar-refractivity contribution < 1.29 is 18.0 Å². The molecule has 9 heteroatoms. The Morgan fingerprint density at radius 1 is 1.32 bits per heavy atom. The number of benzene rings is 1. The molecule has 4 nitrogen and oxygen atoms in total. The normalized spacial score (nSPS) is 20.5. The summed E-state index contributed by atoms with van der Waals surface area (Å²) in [5, 5.41) is 6.71. The molecule has 1 aliphatic heterocycles. The molecule has 2 aromatic rings. The number of hydrogen-bond acceptors (Lipinski definition) is 4. The Hall–Kier alpha value is -1.64. The first-order valence-electron chi connectivity index (χ1n) is 8.98. The summed E-state index contributed by atoms with van der Waals surface area (Å²) in [6.45, 7) is 1.92. The number of piperidine rings is 1. The lowest BCUT2D eigenvalue weighted by Gasteiger charge is -2.22. The monoisotopic (exact) mass is 431 g/mol. The highest BCUT2D eigenvalue weighted by Crippen LogP contribution is 2.58. The largest absolute Gasteiger partial charge is 0.416 e. The van der Waals surface area contributed by atoms with Gasteiger partial charge in [0.1, 0.15) is 0 Å². The molecule has 1 aliphatic carbocycles. The quantitative estimate of drug-likeness (QED) is 0.749. The average molecular weight is 432 g/mol. The van der Waals surface area contributed by atoms with Crippen LogP contribution < -0.4 is 10.6 Å². The van der Waals surface area contributed by atoms with E-state index in [1.807, 2.05) is 0 Å². The van der Waals surface area contributed by atoms with Crippen LogP contribution in [0.4, 0.5) is 18.3 Å². The fraction of sp³-hybridized carbons (Fsp3) is 0.474. The maximum atomic E-state index is 12.8. The predicted octanol–water partition coefficient (Wildman–Crippen LogP) is 4.50. The van der Waals surface area contributed by atoms with Gasteiger partial charge in [0.15, 0.2) is 5.13 Å². The summed E-state index contributed by atoms with van der Waals surface area (Å²) >= 11 is 1.31. The summed E-state index contributed by atoms with van der Waals surface area (Å²) in [7, 11) is 0. The molecule has 0 bridgehead atoms. The lowest BCUT2D eigenvalue weighted by molar-refractivity contribution is -0.137. The van der Waals surface area contributed by atoms with E-state index in [2.05, 4.69) is 15.6 Å². The van der Waals surface area contributed by atoms with Crippen molar-refractivity contribution in [3.05, 3.63) is 46.5 Å². The molecule has 152 valence electrons. The van der Waals surface area contributed by atoms with Crippen LogP contribution in [0.3, 0.4) is 0 Å². The molecule has 1 amide bonds. The van der Waals surface area contributed by atoms with Gasteiger partial charge in [-0.15, -0.1) is 23.7 Å². The second kappa shape index (κ2) is 8.00. The van der Waals surface area contributed by atoms with Crippen LogP contribution in [0.15, 0.2) is 30.5 Å². The van der Waals surface area contributed by atoms with Crippen molar-refractivity contribution in [3.63, 3.8) is 0 Å². The molecule has 1 saturated heterocycles. The number of halogens is 4. The average Bonchev–Trinajstić information content (AvgIpc) is 3.14. The van der Waals surface area contributed by atoms with E-state index in [0.717, 1.165) is 49.4 Å². The summed E-state index contributed by atoms with van der Waals surface area (Å²) in [6.07, 6.45) is 0.623. The summed E-state index contributed by atoms with van der Waals surface area (Å²) in [5.74, 6) is 0.0623. The first kappa shape index (κ1) is 21.1. The zero-order valence-electron chi connectivity index (χ0n) is 15.0. The summed E-state index contributed by atoms with van der Waals surface area (Å²) in [4.78, 5) is 17.5. The Balaban J connectivity index is 0.00000225. The number of thiazole rings is 1. The number of carbonyl (C=O) groups is 1. The molecule has 28 heavy (non-hydrogen) atoms. The molecule has 1 aromatic carbocycles. The molecule has 1 unspecified atom stereocenters. The molecule has 2 aliphatic rings. The van der Waals surface area contributed by atoms with Crippen LogP contribution in [0.25, 0.3) is 0 Å². The Kier molecular flexibility index (Phi) is 6.03. The second-order valence-corrected chi connectivity index (χ2v) is 8.48.